The van der Waals surface area contributed by atoms with E-state index in [0.717, 1.165) is 16.9 Å². The Morgan fingerprint density at radius 1 is 0.824 bits per heavy atom. The first kappa shape index (κ1) is 23.5. The topological polar surface area (TPSA) is 46.4 Å². The molecule has 172 valence electrons. The van der Waals surface area contributed by atoms with Crippen molar-refractivity contribution in [2.24, 2.45) is 0 Å². The average molecular weight is 475 g/mol. The van der Waals surface area contributed by atoms with Gasteiger partial charge in [0.05, 0.1) is 21.3 Å². The number of halogens is 2. The number of benzene rings is 4. The third-order valence-corrected chi connectivity index (χ3v) is 6.00. The molecule has 0 bridgehead atoms. The molecule has 0 radical (unpaired) electrons. The monoisotopic (exact) mass is 474 g/mol. The fourth-order valence-electron chi connectivity index (χ4n) is 3.90. The molecule has 34 heavy (non-hydrogen) atoms. The molecule has 0 amide bonds. The minimum atomic E-state index is -0.873. The normalized spacial score (nSPS) is 11.3. The van der Waals surface area contributed by atoms with E-state index in [1.165, 1.54) is 12.1 Å². The van der Waals surface area contributed by atoms with E-state index in [2.05, 4.69) is 20.8 Å². The zero-order chi connectivity index (χ0) is 24.5. The summed E-state index contributed by atoms with van der Waals surface area (Å²) >= 11 is 6.73. The molecule has 0 saturated carbocycles. The Morgan fingerprint density at radius 2 is 1.47 bits per heavy atom. The van der Waals surface area contributed by atoms with Crippen LogP contribution in [0.25, 0.3) is 11.1 Å². The first-order chi connectivity index (χ1) is 16.2. The van der Waals surface area contributed by atoms with E-state index in [1.807, 2.05) is 65.6 Å². The molecule has 0 saturated heterocycles. The van der Waals surface area contributed by atoms with Crippen LogP contribution in [0, 0.1) is 15.9 Å². The van der Waals surface area contributed by atoms with E-state index >= 15 is 4.39 Å². The van der Waals surface area contributed by atoms with Gasteiger partial charge in [0, 0.05) is 22.9 Å². The second kappa shape index (κ2) is 9.27. The summed E-state index contributed by atoms with van der Waals surface area (Å²) in [5, 5.41) is 11.9. The SMILES string of the molecule is CC(C)(C)c1ccc(Cl)c(N(c2ccccc2)c2ccccc2-c2cccc([N+](=O)[O-])c2F)c1. The summed E-state index contributed by atoms with van der Waals surface area (Å²) in [6.07, 6.45) is 0. The Morgan fingerprint density at radius 3 is 2.15 bits per heavy atom. The lowest BCUT2D eigenvalue weighted by Gasteiger charge is -2.30. The Bertz CT molecular complexity index is 1350. The molecule has 0 aliphatic heterocycles. The summed E-state index contributed by atoms with van der Waals surface area (Å²) in [4.78, 5) is 12.6. The van der Waals surface area contributed by atoms with Gasteiger partial charge >= 0.3 is 5.69 Å². The third-order valence-electron chi connectivity index (χ3n) is 5.68. The number of nitrogens with zero attached hydrogens (tertiary/aromatic N) is 2. The zero-order valence-electron chi connectivity index (χ0n) is 19.1. The van der Waals surface area contributed by atoms with Gasteiger partial charge in [0.2, 0.25) is 5.82 Å². The largest absolute Gasteiger partial charge is 0.308 e. The van der Waals surface area contributed by atoms with Crippen LogP contribution in [-0.4, -0.2) is 4.92 Å². The van der Waals surface area contributed by atoms with Crippen LogP contribution >= 0.6 is 11.6 Å². The molecule has 0 aliphatic rings. The van der Waals surface area contributed by atoms with Gasteiger partial charge in [0.1, 0.15) is 0 Å². The van der Waals surface area contributed by atoms with E-state index in [9.17, 15) is 10.1 Å². The number of nitro benzene ring substituents is 1. The van der Waals surface area contributed by atoms with E-state index in [1.54, 1.807) is 18.2 Å². The summed E-state index contributed by atoms with van der Waals surface area (Å²) in [6, 6.07) is 27.0. The predicted molar refractivity (Wildman–Crippen MR) is 137 cm³/mol. The lowest BCUT2D eigenvalue weighted by Crippen LogP contribution is -2.15. The molecule has 4 aromatic carbocycles. The second-order valence-corrected chi connectivity index (χ2v) is 9.41. The number of nitro groups is 1. The van der Waals surface area contributed by atoms with Crippen LogP contribution in [0.15, 0.2) is 91.0 Å². The first-order valence-electron chi connectivity index (χ1n) is 10.9. The van der Waals surface area contributed by atoms with Crippen molar-refractivity contribution < 1.29 is 9.31 Å². The van der Waals surface area contributed by atoms with Crippen LogP contribution < -0.4 is 4.90 Å². The zero-order valence-corrected chi connectivity index (χ0v) is 19.9. The van der Waals surface area contributed by atoms with E-state index in [-0.39, 0.29) is 11.0 Å². The van der Waals surface area contributed by atoms with Gasteiger partial charge in [-0.1, -0.05) is 87.0 Å². The highest BCUT2D eigenvalue weighted by molar-refractivity contribution is 6.33. The molecule has 0 fully saturated rings. The lowest BCUT2D eigenvalue weighted by molar-refractivity contribution is -0.387. The van der Waals surface area contributed by atoms with Crippen molar-refractivity contribution in [2.75, 3.05) is 4.90 Å². The minimum absolute atomic E-state index is 0.118. The van der Waals surface area contributed by atoms with Crippen molar-refractivity contribution in [3.8, 4) is 11.1 Å². The van der Waals surface area contributed by atoms with E-state index in [0.29, 0.717) is 16.3 Å². The van der Waals surface area contributed by atoms with Crippen molar-refractivity contribution in [1.29, 1.82) is 0 Å². The Hall–Kier alpha value is -3.70. The van der Waals surface area contributed by atoms with Gasteiger partial charge in [0.25, 0.3) is 0 Å². The van der Waals surface area contributed by atoms with Crippen molar-refractivity contribution in [2.45, 2.75) is 26.2 Å². The molecule has 4 nitrogen and oxygen atoms in total. The standard InChI is InChI=1S/C28H24ClFN2O2/c1-28(2,3)19-16-17-23(29)26(18-19)31(20-10-5-4-6-11-20)24-14-8-7-12-21(24)22-13-9-15-25(27(22)30)32(33)34/h4-18H,1-3H3. The first-order valence-corrected chi connectivity index (χ1v) is 11.2. The van der Waals surface area contributed by atoms with Crippen molar-refractivity contribution in [1.82, 2.24) is 0 Å². The summed E-state index contributed by atoms with van der Waals surface area (Å²) in [7, 11) is 0. The maximum atomic E-state index is 15.3. The van der Waals surface area contributed by atoms with Gasteiger partial charge in [-0.2, -0.15) is 4.39 Å². The Kier molecular flexibility index (Phi) is 6.40. The molecule has 0 atom stereocenters. The van der Waals surface area contributed by atoms with Crippen LogP contribution in [-0.2, 0) is 5.41 Å². The number of anilines is 3. The quantitative estimate of drug-likeness (QED) is 0.214. The van der Waals surface area contributed by atoms with Gasteiger partial charge < -0.3 is 4.90 Å². The highest BCUT2D eigenvalue weighted by Crippen LogP contribution is 2.45. The number of hydrogen-bond donors (Lipinski definition) is 0. The molecule has 0 spiro atoms. The van der Waals surface area contributed by atoms with Crippen LogP contribution in [0.4, 0.5) is 27.1 Å². The van der Waals surface area contributed by atoms with Gasteiger partial charge in [-0.05, 0) is 41.3 Å². The lowest BCUT2D eigenvalue weighted by atomic mass is 9.86. The highest BCUT2D eigenvalue weighted by atomic mass is 35.5. The number of hydrogen-bond acceptors (Lipinski definition) is 3. The molecule has 0 N–H and O–H groups in total. The van der Waals surface area contributed by atoms with Crippen LogP contribution in [0.2, 0.25) is 5.02 Å². The number of para-hydroxylation sites is 2. The van der Waals surface area contributed by atoms with Gasteiger partial charge in [-0.3, -0.25) is 10.1 Å². The molecular formula is C28H24ClFN2O2. The molecule has 0 heterocycles. The maximum Gasteiger partial charge on any atom is 0.305 e. The molecule has 6 heteroatoms. The smallest absolute Gasteiger partial charge is 0.305 e. The van der Waals surface area contributed by atoms with E-state index < -0.39 is 16.4 Å². The molecule has 4 aromatic rings. The Labute approximate surface area is 203 Å². The summed E-state index contributed by atoms with van der Waals surface area (Å²) in [6.45, 7) is 6.37. The second-order valence-electron chi connectivity index (χ2n) is 9.00. The number of rotatable bonds is 5. The van der Waals surface area contributed by atoms with Crippen molar-refractivity contribution in [3.63, 3.8) is 0 Å². The van der Waals surface area contributed by atoms with Crippen LogP contribution in [0.3, 0.4) is 0 Å². The third kappa shape index (κ3) is 4.52. The molecule has 0 aliphatic carbocycles. The van der Waals surface area contributed by atoms with Crippen molar-refractivity contribution >= 4 is 34.4 Å². The molecule has 0 aromatic heterocycles. The summed E-state index contributed by atoms with van der Waals surface area (Å²) in [5.41, 5.74) is 3.29. The average Bonchev–Trinajstić information content (AvgIpc) is 2.81. The predicted octanol–water partition coefficient (Wildman–Crippen LogP) is 8.82. The van der Waals surface area contributed by atoms with Crippen LogP contribution in [0.1, 0.15) is 26.3 Å². The summed E-state index contributed by atoms with van der Waals surface area (Å²) < 4.78 is 15.3. The van der Waals surface area contributed by atoms with Crippen molar-refractivity contribution in [3.05, 3.63) is 118 Å². The minimum Gasteiger partial charge on any atom is -0.308 e. The Balaban J connectivity index is 2.01. The highest BCUT2D eigenvalue weighted by Gasteiger charge is 2.25. The van der Waals surface area contributed by atoms with Gasteiger partial charge in [-0.25, -0.2) is 0 Å². The summed E-state index contributed by atoms with van der Waals surface area (Å²) in [5.74, 6) is -0.873. The maximum absolute atomic E-state index is 15.3. The van der Waals surface area contributed by atoms with Gasteiger partial charge in [0.15, 0.2) is 0 Å². The fourth-order valence-corrected chi connectivity index (χ4v) is 4.10. The van der Waals surface area contributed by atoms with Gasteiger partial charge in [-0.15, -0.1) is 0 Å². The molecule has 4 rings (SSSR count). The van der Waals surface area contributed by atoms with Crippen LogP contribution in [0.5, 0.6) is 0 Å². The fraction of sp³-hybridized carbons (Fsp3) is 0.143. The molecule has 0 unspecified atom stereocenters. The van der Waals surface area contributed by atoms with E-state index in [4.69, 9.17) is 11.6 Å². The molecular weight excluding hydrogens is 451 g/mol.